The number of hydrogen-bond donors (Lipinski definition) is 1. The Morgan fingerprint density at radius 1 is 1.15 bits per heavy atom. The molecular weight excluding hydrogens is 336 g/mol. The normalized spacial score (nSPS) is 10.5. The van der Waals surface area contributed by atoms with Crippen molar-refractivity contribution in [2.24, 2.45) is 0 Å². The van der Waals surface area contributed by atoms with Crippen LogP contribution in [0.4, 0.5) is 11.4 Å². The maximum Gasteiger partial charge on any atom is 0.340 e. The Hall–Kier alpha value is -3.22. The predicted molar refractivity (Wildman–Crippen MR) is 97.3 cm³/mol. The molecule has 0 saturated carbocycles. The maximum absolute atomic E-state index is 12.3. The number of anilines is 1. The van der Waals surface area contributed by atoms with E-state index in [9.17, 15) is 19.7 Å². The topological polar surface area (TPSA) is 113 Å². The molecule has 7 heteroatoms. The summed E-state index contributed by atoms with van der Waals surface area (Å²) in [5.41, 5.74) is 9.39. The first-order chi connectivity index (χ1) is 12.1. The third-order valence-electron chi connectivity index (χ3n) is 4.30. The molecular formula is C19H20N2O5. The van der Waals surface area contributed by atoms with Gasteiger partial charge in [0.25, 0.3) is 5.69 Å². The van der Waals surface area contributed by atoms with Gasteiger partial charge in [0, 0.05) is 23.4 Å². The molecule has 0 unspecified atom stereocenters. The van der Waals surface area contributed by atoms with Gasteiger partial charge in [0.1, 0.15) is 6.61 Å². The molecule has 0 bridgehead atoms. The van der Waals surface area contributed by atoms with E-state index in [1.54, 1.807) is 0 Å². The van der Waals surface area contributed by atoms with Gasteiger partial charge < -0.3 is 10.5 Å². The average Bonchev–Trinajstić information content (AvgIpc) is 2.53. The number of Topliss-reactive ketones (excluding diaryl/α,β-unsaturated/α-hetero) is 1. The predicted octanol–water partition coefficient (Wildman–Crippen LogP) is 3.66. The summed E-state index contributed by atoms with van der Waals surface area (Å²) >= 11 is 0. The first-order valence-electron chi connectivity index (χ1n) is 7.95. The fourth-order valence-electron chi connectivity index (χ4n) is 3.04. The number of hydrogen-bond acceptors (Lipinski definition) is 6. The number of aryl methyl sites for hydroxylation is 2. The lowest BCUT2D eigenvalue weighted by molar-refractivity contribution is -0.384. The van der Waals surface area contributed by atoms with E-state index < -0.39 is 10.9 Å². The van der Waals surface area contributed by atoms with Crippen LogP contribution in [0.25, 0.3) is 0 Å². The largest absolute Gasteiger partial charge is 0.457 e. The molecule has 26 heavy (non-hydrogen) atoms. The second-order valence-corrected chi connectivity index (χ2v) is 6.15. The lowest BCUT2D eigenvalue weighted by atomic mass is 9.92. The number of ketones is 1. The Morgan fingerprint density at radius 3 is 2.38 bits per heavy atom. The van der Waals surface area contributed by atoms with Crippen molar-refractivity contribution in [1.82, 2.24) is 0 Å². The van der Waals surface area contributed by atoms with E-state index in [2.05, 4.69) is 0 Å². The van der Waals surface area contributed by atoms with Crippen LogP contribution in [0.2, 0.25) is 0 Å². The number of non-ortho nitro benzene ring substituents is 1. The number of nitro benzene ring substituents is 1. The summed E-state index contributed by atoms with van der Waals surface area (Å²) in [6, 6.07) is 5.48. The zero-order valence-electron chi connectivity index (χ0n) is 15.1. The summed E-state index contributed by atoms with van der Waals surface area (Å²) in [5.74, 6) is -0.814. The maximum atomic E-state index is 12.3. The van der Waals surface area contributed by atoms with Gasteiger partial charge in [0.15, 0.2) is 5.78 Å². The highest BCUT2D eigenvalue weighted by atomic mass is 16.6. The van der Waals surface area contributed by atoms with Gasteiger partial charge in [0.2, 0.25) is 0 Å². The third-order valence-corrected chi connectivity index (χ3v) is 4.30. The van der Waals surface area contributed by atoms with Gasteiger partial charge in [-0.25, -0.2) is 4.79 Å². The number of esters is 1. The highest BCUT2D eigenvalue weighted by Crippen LogP contribution is 2.25. The summed E-state index contributed by atoms with van der Waals surface area (Å²) in [4.78, 5) is 34.5. The van der Waals surface area contributed by atoms with E-state index in [-0.39, 0.29) is 29.3 Å². The molecule has 0 aliphatic carbocycles. The molecule has 0 saturated heterocycles. The van der Waals surface area contributed by atoms with Crippen LogP contribution in [0.5, 0.6) is 0 Å². The Bertz CT molecular complexity index is 919. The summed E-state index contributed by atoms with van der Waals surface area (Å²) in [6.07, 6.45) is 0. The number of benzene rings is 2. The zero-order valence-corrected chi connectivity index (χ0v) is 15.1. The summed E-state index contributed by atoms with van der Waals surface area (Å²) in [7, 11) is 0. The van der Waals surface area contributed by atoms with Crippen LogP contribution in [-0.2, 0) is 11.3 Å². The molecule has 0 aromatic heterocycles. The SMILES string of the molecule is CC(=O)c1c(C)cc(C)c(COC(=O)c2cc([N+](=O)[O-])ccc2N)c1C. The van der Waals surface area contributed by atoms with E-state index in [1.165, 1.54) is 19.1 Å². The average molecular weight is 356 g/mol. The van der Waals surface area contributed by atoms with Crippen molar-refractivity contribution in [2.45, 2.75) is 34.3 Å². The molecule has 0 fully saturated rings. The van der Waals surface area contributed by atoms with Crippen molar-refractivity contribution in [2.75, 3.05) is 5.73 Å². The van der Waals surface area contributed by atoms with Crippen molar-refractivity contribution in [3.8, 4) is 0 Å². The summed E-state index contributed by atoms with van der Waals surface area (Å²) in [5, 5.41) is 10.9. The number of rotatable bonds is 5. The first kappa shape index (κ1) is 19.1. The summed E-state index contributed by atoms with van der Waals surface area (Å²) in [6.45, 7) is 6.97. The Labute approximate surface area is 150 Å². The molecule has 2 N–H and O–H groups in total. The second-order valence-electron chi connectivity index (χ2n) is 6.15. The van der Waals surface area contributed by atoms with Crippen molar-refractivity contribution in [1.29, 1.82) is 0 Å². The lowest BCUT2D eigenvalue weighted by Gasteiger charge is -2.16. The molecule has 0 amide bonds. The molecule has 0 radical (unpaired) electrons. The number of nitrogens with zero attached hydrogens (tertiary/aromatic N) is 1. The van der Waals surface area contributed by atoms with Crippen LogP contribution in [0.15, 0.2) is 24.3 Å². The molecule has 136 valence electrons. The fourth-order valence-corrected chi connectivity index (χ4v) is 3.04. The first-order valence-corrected chi connectivity index (χ1v) is 7.95. The number of carbonyl (C=O) groups is 2. The van der Waals surface area contributed by atoms with E-state index in [4.69, 9.17) is 10.5 Å². The molecule has 2 aromatic carbocycles. The van der Waals surface area contributed by atoms with E-state index in [0.29, 0.717) is 5.56 Å². The van der Waals surface area contributed by atoms with Gasteiger partial charge in [0.05, 0.1) is 10.5 Å². The lowest BCUT2D eigenvalue weighted by Crippen LogP contribution is -2.12. The van der Waals surface area contributed by atoms with Crippen molar-refractivity contribution in [3.05, 3.63) is 67.8 Å². The highest BCUT2D eigenvalue weighted by molar-refractivity contribution is 5.98. The van der Waals surface area contributed by atoms with Crippen LogP contribution in [0.3, 0.4) is 0 Å². The standard InChI is InChI=1S/C19H20N2O5/c1-10-7-11(2)18(13(4)22)12(3)16(10)9-26-19(23)15-8-14(21(24)25)5-6-17(15)20/h5-8H,9,20H2,1-4H3. The van der Waals surface area contributed by atoms with Gasteiger partial charge in [-0.2, -0.15) is 0 Å². The molecule has 0 atom stereocenters. The minimum absolute atomic E-state index is 0.0564. The van der Waals surface area contributed by atoms with Gasteiger partial charge in [-0.1, -0.05) is 6.07 Å². The van der Waals surface area contributed by atoms with Crippen LogP contribution in [-0.4, -0.2) is 16.7 Å². The molecule has 0 heterocycles. The Balaban J connectivity index is 2.31. The minimum atomic E-state index is -0.755. The van der Waals surface area contributed by atoms with Crippen molar-refractivity contribution >= 4 is 23.1 Å². The Kier molecular flexibility index (Phi) is 5.40. The second kappa shape index (κ2) is 7.35. The Morgan fingerprint density at radius 2 is 1.81 bits per heavy atom. The van der Waals surface area contributed by atoms with Crippen LogP contribution in [0.1, 0.15) is 49.9 Å². The number of nitrogen functional groups attached to an aromatic ring is 1. The van der Waals surface area contributed by atoms with Gasteiger partial charge in [-0.05, 0) is 56.0 Å². The van der Waals surface area contributed by atoms with E-state index >= 15 is 0 Å². The number of nitro groups is 1. The third kappa shape index (κ3) is 3.72. The van der Waals surface area contributed by atoms with E-state index in [0.717, 1.165) is 28.3 Å². The van der Waals surface area contributed by atoms with Gasteiger partial charge in [-0.3, -0.25) is 14.9 Å². The van der Waals surface area contributed by atoms with Gasteiger partial charge in [-0.15, -0.1) is 0 Å². The number of ether oxygens (including phenoxy) is 1. The smallest absolute Gasteiger partial charge is 0.340 e. The quantitative estimate of drug-likeness (QED) is 0.288. The molecule has 0 aliphatic heterocycles. The minimum Gasteiger partial charge on any atom is -0.457 e. The monoisotopic (exact) mass is 356 g/mol. The molecule has 0 spiro atoms. The van der Waals surface area contributed by atoms with Crippen LogP contribution < -0.4 is 5.73 Å². The molecule has 0 aliphatic rings. The van der Waals surface area contributed by atoms with Crippen molar-refractivity contribution in [3.63, 3.8) is 0 Å². The number of nitrogens with two attached hydrogens (primary N) is 1. The van der Waals surface area contributed by atoms with Gasteiger partial charge >= 0.3 is 5.97 Å². The van der Waals surface area contributed by atoms with Crippen LogP contribution in [0, 0.1) is 30.9 Å². The van der Waals surface area contributed by atoms with Crippen LogP contribution >= 0.6 is 0 Å². The zero-order chi connectivity index (χ0) is 19.6. The van der Waals surface area contributed by atoms with E-state index in [1.807, 2.05) is 26.8 Å². The number of carbonyl (C=O) groups excluding carboxylic acids is 2. The highest BCUT2D eigenvalue weighted by Gasteiger charge is 2.19. The van der Waals surface area contributed by atoms with Crippen molar-refractivity contribution < 1.29 is 19.2 Å². The molecule has 2 rings (SSSR count). The molecule has 7 nitrogen and oxygen atoms in total. The summed E-state index contributed by atoms with van der Waals surface area (Å²) < 4.78 is 5.31. The fraction of sp³-hybridized carbons (Fsp3) is 0.263. The molecule has 2 aromatic rings.